The van der Waals surface area contributed by atoms with Gasteiger partial charge in [0.2, 0.25) is 0 Å². The Balaban J connectivity index is 1.90. The zero-order valence-electron chi connectivity index (χ0n) is 14.1. The first-order valence-corrected chi connectivity index (χ1v) is 8.04. The van der Waals surface area contributed by atoms with Gasteiger partial charge in [-0.05, 0) is 17.7 Å². The average molecular weight is 351 g/mol. The van der Waals surface area contributed by atoms with E-state index in [2.05, 4.69) is 5.32 Å². The van der Waals surface area contributed by atoms with Gasteiger partial charge in [-0.3, -0.25) is 14.4 Å². The third-order valence-electron chi connectivity index (χ3n) is 3.96. The Morgan fingerprint density at radius 2 is 1.77 bits per heavy atom. The van der Waals surface area contributed by atoms with E-state index < -0.39 is 17.9 Å². The van der Waals surface area contributed by atoms with E-state index in [1.54, 1.807) is 36.4 Å². The number of carbonyl (C=O) groups excluding carboxylic acids is 2. The van der Waals surface area contributed by atoms with E-state index >= 15 is 0 Å². The molecule has 0 radical (unpaired) electrons. The number of ether oxygens (including phenoxy) is 1. The standard InChI is InChI=1S/C20H17NO5/c1-25-19(23)11-15(13-7-3-2-4-8-13)21-20(24)18-12-16(22)14-9-5-6-10-17(14)26-18/h2-10,12,15H,11H2,1H3,(H,21,24)/t15-/m1/s1. The number of nitrogens with one attached hydrogen (secondary N) is 1. The lowest BCUT2D eigenvalue weighted by Crippen LogP contribution is -2.31. The van der Waals surface area contributed by atoms with Gasteiger partial charge >= 0.3 is 5.97 Å². The van der Waals surface area contributed by atoms with Crippen molar-refractivity contribution >= 4 is 22.8 Å². The molecule has 0 aliphatic rings. The molecule has 0 unspecified atom stereocenters. The second-order valence-electron chi connectivity index (χ2n) is 5.69. The Hall–Kier alpha value is -3.41. The van der Waals surface area contributed by atoms with Crippen molar-refractivity contribution in [3.63, 3.8) is 0 Å². The van der Waals surface area contributed by atoms with Crippen molar-refractivity contribution in [3.8, 4) is 0 Å². The molecule has 1 N–H and O–H groups in total. The van der Waals surface area contributed by atoms with Gasteiger partial charge in [0.1, 0.15) is 5.58 Å². The average Bonchev–Trinajstić information content (AvgIpc) is 2.68. The highest BCUT2D eigenvalue weighted by Gasteiger charge is 2.21. The number of amides is 1. The number of carbonyl (C=O) groups is 2. The predicted octanol–water partition coefficient (Wildman–Crippen LogP) is 2.83. The minimum absolute atomic E-state index is 0.0376. The number of methoxy groups -OCH3 is 1. The summed E-state index contributed by atoms with van der Waals surface area (Å²) in [6, 6.07) is 16.3. The molecule has 132 valence electrons. The van der Waals surface area contributed by atoms with Gasteiger partial charge in [-0.2, -0.15) is 0 Å². The smallest absolute Gasteiger partial charge is 0.307 e. The van der Waals surface area contributed by atoms with Crippen LogP contribution in [0.3, 0.4) is 0 Å². The number of hydrogen-bond acceptors (Lipinski definition) is 5. The highest BCUT2D eigenvalue weighted by Crippen LogP contribution is 2.19. The van der Waals surface area contributed by atoms with E-state index in [1.165, 1.54) is 7.11 Å². The fourth-order valence-corrected chi connectivity index (χ4v) is 2.63. The van der Waals surface area contributed by atoms with Crippen LogP contribution in [-0.2, 0) is 9.53 Å². The van der Waals surface area contributed by atoms with Crippen molar-refractivity contribution in [2.45, 2.75) is 12.5 Å². The number of hydrogen-bond donors (Lipinski definition) is 1. The van der Waals surface area contributed by atoms with Crippen molar-refractivity contribution in [2.75, 3.05) is 7.11 Å². The number of benzene rings is 2. The van der Waals surface area contributed by atoms with Crippen LogP contribution < -0.4 is 10.7 Å². The maximum absolute atomic E-state index is 12.6. The van der Waals surface area contributed by atoms with Gasteiger partial charge in [-0.25, -0.2) is 0 Å². The zero-order chi connectivity index (χ0) is 18.5. The lowest BCUT2D eigenvalue weighted by atomic mass is 10.0. The fraction of sp³-hybridized carbons (Fsp3) is 0.150. The van der Waals surface area contributed by atoms with E-state index in [9.17, 15) is 14.4 Å². The van der Waals surface area contributed by atoms with E-state index in [0.29, 0.717) is 11.0 Å². The summed E-state index contributed by atoms with van der Waals surface area (Å²) in [4.78, 5) is 36.5. The van der Waals surface area contributed by atoms with Crippen molar-refractivity contribution in [1.82, 2.24) is 5.32 Å². The zero-order valence-corrected chi connectivity index (χ0v) is 14.1. The molecule has 1 atom stereocenters. The van der Waals surface area contributed by atoms with Crippen LogP contribution in [-0.4, -0.2) is 19.0 Å². The first kappa shape index (κ1) is 17.4. The van der Waals surface area contributed by atoms with Crippen LogP contribution in [0.2, 0.25) is 0 Å². The van der Waals surface area contributed by atoms with Gasteiger partial charge in [-0.1, -0.05) is 42.5 Å². The van der Waals surface area contributed by atoms with E-state index in [0.717, 1.165) is 11.6 Å². The van der Waals surface area contributed by atoms with Crippen LogP contribution in [0, 0.1) is 0 Å². The molecular weight excluding hydrogens is 334 g/mol. The Kier molecular flexibility index (Phi) is 5.12. The highest BCUT2D eigenvalue weighted by molar-refractivity contribution is 5.93. The molecular formula is C20H17NO5. The fourth-order valence-electron chi connectivity index (χ4n) is 2.63. The third-order valence-corrected chi connectivity index (χ3v) is 3.96. The van der Waals surface area contributed by atoms with Crippen molar-refractivity contribution in [2.24, 2.45) is 0 Å². The first-order valence-electron chi connectivity index (χ1n) is 8.04. The van der Waals surface area contributed by atoms with Crippen molar-refractivity contribution in [1.29, 1.82) is 0 Å². The van der Waals surface area contributed by atoms with E-state index in [4.69, 9.17) is 9.15 Å². The van der Waals surface area contributed by atoms with Gasteiger partial charge < -0.3 is 14.5 Å². The summed E-state index contributed by atoms with van der Waals surface area (Å²) < 4.78 is 10.2. The van der Waals surface area contributed by atoms with Gasteiger partial charge in [0.05, 0.1) is 25.0 Å². The summed E-state index contributed by atoms with van der Waals surface area (Å²) in [7, 11) is 1.29. The molecule has 0 saturated heterocycles. The molecule has 6 nitrogen and oxygen atoms in total. The lowest BCUT2D eigenvalue weighted by molar-refractivity contribution is -0.141. The van der Waals surface area contributed by atoms with Crippen molar-refractivity contribution < 1.29 is 18.7 Å². The lowest BCUT2D eigenvalue weighted by Gasteiger charge is -2.18. The quantitative estimate of drug-likeness (QED) is 0.715. The third kappa shape index (κ3) is 3.80. The molecule has 2 aromatic carbocycles. The molecule has 3 rings (SSSR count). The largest absolute Gasteiger partial charge is 0.469 e. The van der Waals surface area contributed by atoms with Gasteiger partial charge in [0.25, 0.3) is 5.91 Å². The maximum atomic E-state index is 12.6. The SMILES string of the molecule is COC(=O)C[C@@H](NC(=O)c1cc(=O)c2ccccc2o1)c1ccccc1. The molecule has 26 heavy (non-hydrogen) atoms. The monoisotopic (exact) mass is 351 g/mol. The van der Waals surface area contributed by atoms with E-state index in [1.807, 2.05) is 18.2 Å². The molecule has 0 aliphatic heterocycles. The number of esters is 1. The maximum Gasteiger partial charge on any atom is 0.307 e. The second-order valence-corrected chi connectivity index (χ2v) is 5.69. The summed E-state index contributed by atoms with van der Waals surface area (Å²) in [5.74, 6) is -1.15. The molecule has 1 heterocycles. The minimum atomic E-state index is -0.604. The highest BCUT2D eigenvalue weighted by atomic mass is 16.5. The predicted molar refractivity (Wildman–Crippen MR) is 95.8 cm³/mol. The summed E-state index contributed by atoms with van der Waals surface area (Å²) in [6.07, 6.45) is -0.0376. The minimum Gasteiger partial charge on any atom is -0.469 e. The van der Waals surface area contributed by atoms with Crippen LogP contribution >= 0.6 is 0 Å². The Labute approximate surface area is 149 Å². The molecule has 1 amide bonds. The Morgan fingerprint density at radius 3 is 2.50 bits per heavy atom. The van der Waals surface area contributed by atoms with Crippen LogP contribution in [0.4, 0.5) is 0 Å². The normalized spacial score (nSPS) is 11.7. The molecule has 0 saturated carbocycles. The summed E-state index contributed by atoms with van der Waals surface area (Å²) in [6.45, 7) is 0. The molecule has 1 aromatic heterocycles. The molecule has 3 aromatic rings. The van der Waals surface area contributed by atoms with Gasteiger partial charge in [-0.15, -0.1) is 0 Å². The topological polar surface area (TPSA) is 85.6 Å². The van der Waals surface area contributed by atoms with Crippen LogP contribution in [0.25, 0.3) is 11.0 Å². The molecule has 0 aliphatic carbocycles. The van der Waals surface area contributed by atoms with Crippen molar-refractivity contribution in [3.05, 3.63) is 82.2 Å². The Bertz CT molecular complexity index is 994. The molecule has 0 bridgehead atoms. The molecule has 0 fully saturated rings. The first-order chi connectivity index (χ1) is 12.6. The second kappa shape index (κ2) is 7.65. The van der Waals surface area contributed by atoms with E-state index in [-0.39, 0.29) is 17.6 Å². The van der Waals surface area contributed by atoms with Crippen LogP contribution in [0.1, 0.15) is 28.6 Å². The van der Waals surface area contributed by atoms with Crippen LogP contribution in [0.5, 0.6) is 0 Å². The molecule has 6 heteroatoms. The summed E-state index contributed by atoms with van der Waals surface area (Å²) in [5.41, 5.74) is 0.769. The molecule has 0 spiro atoms. The van der Waals surface area contributed by atoms with Crippen LogP contribution in [0.15, 0.2) is 69.9 Å². The Morgan fingerprint density at radius 1 is 1.08 bits per heavy atom. The number of fused-ring (bicyclic) bond motifs is 1. The number of rotatable bonds is 5. The summed E-state index contributed by atoms with van der Waals surface area (Å²) >= 11 is 0. The van der Waals surface area contributed by atoms with Gasteiger partial charge in [0.15, 0.2) is 11.2 Å². The summed E-state index contributed by atoms with van der Waals surface area (Å²) in [5, 5.41) is 3.14. The number of para-hydroxylation sites is 1. The van der Waals surface area contributed by atoms with Gasteiger partial charge in [0, 0.05) is 6.07 Å².